The van der Waals surface area contributed by atoms with E-state index < -0.39 is 0 Å². The molecule has 2 aliphatic rings. The van der Waals surface area contributed by atoms with Gasteiger partial charge in [0, 0.05) is 17.2 Å². The van der Waals surface area contributed by atoms with E-state index in [0.29, 0.717) is 17.2 Å². The highest BCUT2D eigenvalue weighted by Gasteiger charge is 2.57. The normalized spacial score (nSPS) is 20.9. The van der Waals surface area contributed by atoms with Gasteiger partial charge >= 0.3 is 0 Å². The summed E-state index contributed by atoms with van der Waals surface area (Å²) in [5, 5.41) is 12.3. The molecule has 1 aromatic carbocycles. The Bertz CT molecular complexity index is 967. The lowest BCUT2D eigenvalue weighted by Gasteiger charge is -2.22. The number of nitrogens with zero attached hydrogens (tertiary/aromatic N) is 4. The number of piperidine rings is 1. The highest BCUT2D eigenvalue weighted by Crippen LogP contribution is 2.63. The van der Waals surface area contributed by atoms with Crippen LogP contribution in [-0.4, -0.2) is 33.0 Å². The molecule has 1 unspecified atom stereocenters. The number of aromatic nitrogens is 4. The van der Waals surface area contributed by atoms with E-state index in [-0.39, 0.29) is 0 Å². The Morgan fingerprint density at radius 2 is 2.07 bits per heavy atom. The zero-order valence-electron chi connectivity index (χ0n) is 15.9. The average molecular weight is 363 g/mol. The van der Waals surface area contributed by atoms with Gasteiger partial charge in [-0.3, -0.25) is 4.68 Å². The van der Waals surface area contributed by atoms with Gasteiger partial charge in [0.05, 0.1) is 12.2 Å². The van der Waals surface area contributed by atoms with Crippen LogP contribution in [-0.2, 0) is 6.54 Å². The van der Waals surface area contributed by atoms with E-state index in [1.54, 1.807) is 0 Å². The smallest absolute Gasteiger partial charge is 0.230 e. The molecule has 27 heavy (non-hydrogen) atoms. The number of aryl methyl sites for hydroxylation is 2. The minimum Gasteiger partial charge on any atom is -0.339 e. The van der Waals surface area contributed by atoms with Crippen molar-refractivity contribution in [2.45, 2.75) is 45.6 Å². The summed E-state index contributed by atoms with van der Waals surface area (Å²) in [4.78, 5) is 4.74. The highest BCUT2D eigenvalue weighted by molar-refractivity contribution is 5.55. The molecule has 140 valence electrons. The molecule has 1 saturated carbocycles. The van der Waals surface area contributed by atoms with Crippen LogP contribution in [0.25, 0.3) is 11.4 Å². The minimum atomic E-state index is 0.409. The Kier molecular flexibility index (Phi) is 3.90. The molecular weight excluding hydrogens is 338 g/mol. The largest absolute Gasteiger partial charge is 0.339 e. The van der Waals surface area contributed by atoms with Crippen molar-refractivity contribution in [3.8, 4) is 11.4 Å². The highest BCUT2D eigenvalue weighted by atomic mass is 16.5. The van der Waals surface area contributed by atoms with Gasteiger partial charge in [-0.05, 0) is 69.3 Å². The van der Waals surface area contributed by atoms with E-state index in [2.05, 4.69) is 46.8 Å². The third-order valence-electron chi connectivity index (χ3n) is 6.15. The van der Waals surface area contributed by atoms with Gasteiger partial charge in [0.1, 0.15) is 0 Å². The quantitative estimate of drug-likeness (QED) is 0.769. The second-order valence-corrected chi connectivity index (χ2v) is 8.11. The fourth-order valence-corrected chi connectivity index (χ4v) is 4.48. The first-order chi connectivity index (χ1) is 13.1. The molecule has 1 saturated heterocycles. The van der Waals surface area contributed by atoms with Gasteiger partial charge in [-0.1, -0.05) is 23.4 Å². The topological polar surface area (TPSA) is 68.8 Å². The summed E-state index contributed by atoms with van der Waals surface area (Å²) < 4.78 is 7.68. The van der Waals surface area contributed by atoms with Crippen LogP contribution in [0.5, 0.6) is 0 Å². The fourth-order valence-electron chi connectivity index (χ4n) is 4.48. The van der Waals surface area contributed by atoms with Crippen molar-refractivity contribution < 1.29 is 4.52 Å². The molecule has 1 N–H and O–H groups in total. The van der Waals surface area contributed by atoms with E-state index in [0.717, 1.165) is 36.8 Å². The molecule has 2 fully saturated rings. The zero-order valence-corrected chi connectivity index (χ0v) is 15.9. The van der Waals surface area contributed by atoms with Gasteiger partial charge in [0.2, 0.25) is 11.7 Å². The molecule has 6 heteroatoms. The first-order valence-corrected chi connectivity index (χ1v) is 9.78. The number of rotatable bonds is 4. The average Bonchev–Trinajstić information content (AvgIpc) is 3.02. The maximum Gasteiger partial charge on any atom is 0.230 e. The van der Waals surface area contributed by atoms with Crippen LogP contribution < -0.4 is 5.32 Å². The van der Waals surface area contributed by atoms with Gasteiger partial charge in [0.15, 0.2) is 0 Å². The molecule has 1 spiro atoms. The van der Waals surface area contributed by atoms with Crippen molar-refractivity contribution in [1.82, 2.24) is 25.2 Å². The van der Waals surface area contributed by atoms with Crippen molar-refractivity contribution >= 4 is 0 Å². The first kappa shape index (κ1) is 16.7. The van der Waals surface area contributed by atoms with Crippen LogP contribution in [0.4, 0.5) is 0 Å². The molecule has 3 heterocycles. The van der Waals surface area contributed by atoms with Crippen molar-refractivity contribution in [3.63, 3.8) is 0 Å². The summed E-state index contributed by atoms with van der Waals surface area (Å²) in [6, 6.07) is 10.5. The molecule has 3 aromatic rings. The lowest BCUT2D eigenvalue weighted by atomic mass is 9.92. The third-order valence-corrected chi connectivity index (χ3v) is 6.15. The van der Waals surface area contributed by atoms with Gasteiger partial charge in [0.25, 0.3) is 0 Å². The fraction of sp³-hybridized carbons (Fsp3) is 0.476. The van der Waals surface area contributed by atoms with E-state index in [1.165, 1.54) is 30.5 Å². The van der Waals surface area contributed by atoms with E-state index in [4.69, 9.17) is 9.51 Å². The third kappa shape index (κ3) is 3.08. The second-order valence-electron chi connectivity index (χ2n) is 8.11. The zero-order chi connectivity index (χ0) is 18.4. The predicted octanol–water partition coefficient (Wildman–Crippen LogP) is 3.46. The van der Waals surface area contributed by atoms with Crippen molar-refractivity contribution in [1.29, 1.82) is 0 Å². The van der Waals surface area contributed by atoms with Crippen LogP contribution in [0.3, 0.4) is 0 Å². The Balaban J connectivity index is 1.35. The van der Waals surface area contributed by atoms with Crippen LogP contribution >= 0.6 is 0 Å². The Labute approximate surface area is 159 Å². The van der Waals surface area contributed by atoms with Crippen LogP contribution in [0.2, 0.25) is 0 Å². The number of hydrogen-bond donors (Lipinski definition) is 1. The van der Waals surface area contributed by atoms with Gasteiger partial charge in [-0.25, -0.2) is 0 Å². The molecule has 1 aliphatic heterocycles. The Morgan fingerprint density at radius 1 is 1.22 bits per heavy atom. The molecule has 0 radical (unpaired) electrons. The summed E-state index contributed by atoms with van der Waals surface area (Å²) in [6.45, 7) is 7.06. The summed E-state index contributed by atoms with van der Waals surface area (Å²) in [5.74, 6) is 1.95. The second kappa shape index (κ2) is 6.30. The van der Waals surface area contributed by atoms with Crippen LogP contribution in [0.15, 0.2) is 34.9 Å². The number of benzene rings is 1. The predicted molar refractivity (Wildman–Crippen MR) is 102 cm³/mol. The Hall–Kier alpha value is -2.47. The molecule has 0 bridgehead atoms. The molecule has 1 atom stereocenters. The van der Waals surface area contributed by atoms with Gasteiger partial charge < -0.3 is 9.84 Å². The molecule has 6 nitrogen and oxygen atoms in total. The number of nitrogens with one attached hydrogen (secondary N) is 1. The van der Waals surface area contributed by atoms with Gasteiger partial charge in [-0.2, -0.15) is 10.1 Å². The van der Waals surface area contributed by atoms with Crippen molar-refractivity contribution in [3.05, 3.63) is 53.2 Å². The molecule has 1 aliphatic carbocycles. The van der Waals surface area contributed by atoms with Crippen molar-refractivity contribution in [2.75, 3.05) is 13.1 Å². The standard InChI is InChI=1S/C21H25N5O/c1-14-10-15(2)26(24-14)13-16-4-3-5-17(11-16)19-23-20(27-25-19)18-12-21(18)6-8-22-9-7-21/h3-5,10-11,18,22H,6-9,12-13H2,1-2H3. The summed E-state index contributed by atoms with van der Waals surface area (Å²) in [5.41, 5.74) is 4.81. The first-order valence-electron chi connectivity index (χ1n) is 9.78. The molecule has 0 amide bonds. The summed E-state index contributed by atoms with van der Waals surface area (Å²) >= 11 is 0. The van der Waals surface area contributed by atoms with E-state index >= 15 is 0 Å². The van der Waals surface area contributed by atoms with Crippen LogP contribution in [0, 0.1) is 19.3 Å². The summed E-state index contributed by atoms with van der Waals surface area (Å²) in [6.07, 6.45) is 3.62. The maximum atomic E-state index is 5.65. The van der Waals surface area contributed by atoms with Crippen molar-refractivity contribution in [2.24, 2.45) is 5.41 Å². The lowest BCUT2D eigenvalue weighted by molar-refractivity contribution is 0.311. The molecule has 5 rings (SSSR count). The minimum absolute atomic E-state index is 0.409. The summed E-state index contributed by atoms with van der Waals surface area (Å²) in [7, 11) is 0. The SMILES string of the molecule is Cc1cc(C)n(Cc2cccc(-c3noc(C4CC45CCNCC5)n3)c2)n1. The Morgan fingerprint density at radius 3 is 2.85 bits per heavy atom. The molecule has 2 aromatic heterocycles. The van der Waals surface area contributed by atoms with E-state index in [9.17, 15) is 0 Å². The number of hydrogen-bond acceptors (Lipinski definition) is 5. The lowest BCUT2D eigenvalue weighted by Crippen LogP contribution is -2.29. The van der Waals surface area contributed by atoms with E-state index in [1.807, 2.05) is 17.7 Å². The van der Waals surface area contributed by atoms with Gasteiger partial charge in [-0.15, -0.1) is 0 Å². The monoisotopic (exact) mass is 363 g/mol. The molecular formula is C21H25N5O. The maximum absolute atomic E-state index is 5.65. The van der Waals surface area contributed by atoms with Crippen LogP contribution in [0.1, 0.15) is 48.0 Å².